The number of hydrogen-bond donors (Lipinski definition) is 3. The molecule has 4 amide bonds. The van der Waals surface area contributed by atoms with E-state index in [2.05, 4.69) is 19.8 Å². The molecule has 57 heavy (non-hydrogen) atoms. The van der Waals surface area contributed by atoms with Crippen molar-refractivity contribution in [2.24, 2.45) is 17.8 Å². The normalized spacial score (nSPS) is 32.7. The van der Waals surface area contributed by atoms with Crippen molar-refractivity contribution in [3.63, 3.8) is 0 Å². The third kappa shape index (κ3) is 8.51. The number of hydrogen-bond acceptors (Lipinski definition) is 10. The van der Waals surface area contributed by atoms with Crippen molar-refractivity contribution < 1.29 is 67.3 Å². The molecule has 2 aliphatic heterocycles. The highest BCUT2D eigenvalue weighted by molar-refractivity contribution is 7.91. The van der Waals surface area contributed by atoms with Gasteiger partial charge in [-0.1, -0.05) is 44.2 Å². The number of pyridine rings is 1. The molecule has 14 nitrogen and oxygen atoms in total. The highest BCUT2D eigenvalue weighted by Gasteiger charge is 2.63. The third-order valence-electron chi connectivity index (χ3n) is 11.3. The number of halogens is 3. The summed E-state index contributed by atoms with van der Waals surface area (Å²) < 4.78 is 155. The number of alkyl carbamates (subject to hydrolysis) is 1. The predicted molar refractivity (Wildman–Crippen MR) is 201 cm³/mol. The summed E-state index contributed by atoms with van der Waals surface area (Å²) in [6.07, 6.45) is -4.00. The van der Waals surface area contributed by atoms with Crippen LogP contribution >= 0.6 is 0 Å². The summed E-state index contributed by atoms with van der Waals surface area (Å²) in [4.78, 5) is 62.2. The summed E-state index contributed by atoms with van der Waals surface area (Å²) in [5.74, 6) is -5.35. The van der Waals surface area contributed by atoms with Crippen molar-refractivity contribution in [1.29, 1.82) is 0 Å². The standard InChI is InChI=1S/C39H50F3N5O9S/c1-22-11-7-8-12-24-19-38(24,34(50)46-57(52,53)37(5)15-16-37)45-31(48)28-18-25(55-32-27-14-10-9-13-26(27)29(54-6)20-43-32)21-47(28)33(49)30(23(2)17-22)44-35(51)56-36(3,4)39(40,41)42/h8-10,12-14,20,22-25,28,30H,7,11,15-19,21H2,1-6H3,(H,44,51)(H,45,48)(H,46,50)/b12-8-/t22-,23-,24-,25-,28+,30+,38-/m1/s1/i3D3,4D3,6D3. The van der Waals surface area contributed by atoms with Crippen LogP contribution in [-0.4, -0.2) is 96.0 Å². The number of sulfonamides is 1. The zero-order chi connectivity index (χ0) is 49.2. The van der Waals surface area contributed by atoms with Crippen LogP contribution in [0, 0.1) is 17.8 Å². The Morgan fingerprint density at radius 3 is 2.49 bits per heavy atom. The van der Waals surface area contributed by atoms with Crippen LogP contribution in [0.5, 0.6) is 11.6 Å². The van der Waals surface area contributed by atoms with E-state index in [9.17, 15) is 40.8 Å². The first kappa shape index (κ1) is 31.4. The van der Waals surface area contributed by atoms with Crippen molar-refractivity contribution in [2.45, 2.75) is 120 Å². The van der Waals surface area contributed by atoms with Crippen molar-refractivity contribution >= 4 is 44.6 Å². The maximum atomic E-state index is 14.9. The van der Waals surface area contributed by atoms with Crippen LogP contribution < -0.4 is 24.8 Å². The molecular weight excluding hydrogens is 772 g/mol. The zero-order valence-corrected chi connectivity index (χ0v) is 32.1. The number of rotatable bonds is 8. The topological polar surface area (TPSA) is 182 Å². The second-order valence-corrected chi connectivity index (χ2v) is 17.9. The van der Waals surface area contributed by atoms with Crippen LogP contribution in [0.25, 0.3) is 10.8 Å². The monoisotopic (exact) mass is 830 g/mol. The Morgan fingerprint density at radius 1 is 1.11 bits per heavy atom. The average molecular weight is 831 g/mol. The van der Waals surface area contributed by atoms with E-state index in [1.807, 2.05) is 5.32 Å². The lowest BCUT2D eigenvalue weighted by atomic mass is 9.88. The molecule has 3 heterocycles. The molecule has 4 aliphatic rings. The summed E-state index contributed by atoms with van der Waals surface area (Å²) in [6.45, 7) is -4.80. The number of ether oxygens (including phenoxy) is 3. The van der Waals surface area contributed by atoms with E-state index in [1.165, 1.54) is 26.0 Å². The summed E-state index contributed by atoms with van der Waals surface area (Å²) in [5.41, 5.74) is -6.86. The number of nitrogens with zero attached hydrogens (tertiary/aromatic N) is 2. The number of aromatic nitrogens is 1. The number of benzene rings is 1. The van der Waals surface area contributed by atoms with E-state index < -0.39 is 113 Å². The summed E-state index contributed by atoms with van der Waals surface area (Å²) in [7, 11) is -7.06. The lowest BCUT2D eigenvalue weighted by Crippen LogP contribution is -2.59. The molecule has 1 aromatic carbocycles. The average Bonchev–Trinajstić information content (AvgIpc) is 4.06. The van der Waals surface area contributed by atoms with E-state index >= 15 is 0 Å². The molecule has 3 N–H and O–H groups in total. The van der Waals surface area contributed by atoms with Crippen LogP contribution in [0.2, 0.25) is 0 Å². The zero-order valence-electron chi connectivity index (χ0n) is 40.3. The van der Waals surface area contributed by atoms with Gasteiger partial charge in [-0.25, -0.2) is 18.2 Å². The molecule has 1 aromatic heterocycles. The molecule has 7 atom stereocenters. The fourth-order valence-corrected chi connectivity index (χ4v) is 8.74. The fourth-order valence-electron chi connectivity index (χ4n) is 7.42. The first-order valence-corrected chi connectivity index (χ1v) is 19.9. The molecule has 18 heteroatoms. The predicted octanol–water partition coefficient (Wildman–Crippen LogP) is 4.91. The summed E-state index contributed by atoms with van der Waals surface area (Å²) in [5, 5.41) is 5.15. The second-order valence-electron chi connectivity index (χ2n) is 15.7. The molecule has 2 aliphatic carbocycles. The minimum atomic E-state index is -6.18. The Labute approximate surface area is 342 Å². The number of allylic oxidation sites excluding steroid dienone is 1. The van der Waals surface area contributed by atoms with Crippen molar-refractivity contribution in [2.75, 3.05) is 13.6 Å². The van der Waals surface area contributed by atoms with Crippen LogP contribution in [0.1, 0.15) is 91.8 Å². The van der Waals surface area contributed by atoms with Crippen molar-refractivity contribution in [3.8, 4) is 11.6 Å². The fraction of sp³-hybridized carbons (Fsp3) is 0.615. The lowest BCUT2D eigenvalue weighted by molar-refractivity contribution is -0.244. The van der Waals surface area contributed by atoms with Gasteiger partial charge in [0.15, 0.2) is 0 Å². The Balaban J connectivity index is 1.40. The van der Waals surface area contributed by atoms with Crippen LogP contribution in [0.3, 0.4) is 0 Å². The molecule has 2 saturated carbocycles. The molecule has 6 rings (SSSR count). The molecule has 0 unspecified atom stereocenters. The molecule has 2 aromatic rings. The van der Waals surface area contributed by atoms with E-state index in [4.69, 9.17) is 21.8 Å². The Hall–Kier alpha value is -4.61. The Bertz CT molecular complexity index is 2350. The summed E-state index contributed by atoms with van der Waals surface area (Å²) in [6, 6.07) is 2.73. The molecule has 0 spiro atoms. The maximum Gasteiger partial charge on any atom is 0.427 e. The van der Waals surface area contributed by atoms with Gasteiger partial charge < -0.3 is 29.7 Å². The Morgan fingerprint density at radius 2 is 1.82 bits per heavy atom. The maximum absolute atomic E-state index is 14.9. The van der Waals surface area contributed by atoms with Gasteiger partial charge in [0.25, 0.3) is 5.91 Å². The largest absolute Gasteiger partial charge is 0.494 e. The van der Waals surface area contributed by atoms with Gasteiger partial charge in [-0.3, -0.25) is 19.1 Å². The SMILES string of the molecule is [2H]C([2H])([2H])Oc1cnc(O[C@@H]2C[C@H]3C(=O)N[C@]4(C(=O)NS(=O)(=O)C5(C)CC5)C[C@H]4/C=C\CC[C@@H](C)C[C@@H](C)[C@H](NC(=O)OC(C([2H])([2H])[2H])(C([2H])([2H])[2H])C(F)(F)F)C(=O)N3C2)c2ccccc12. The van der Waals surface area contributed by atoms with Gasteiger partial charge in [-0.2, -0.15) is 13.2 Å². The highest BCUT2D eigenvalue weighted by Crippen LogP contribution is 2.48. The molecule has 312 valence electrons. The number of carbonyl (C=O) groups excluding carboxylic acids is 4. The number of nitrogens with one attached hydrogen (secondary N) is 3. The highest BCUT2D eigenvalue weighted by atomic mass is 32.2. The molecular formula is C39H50F3N5O9S. The molecule has 3 fully saturated rings. The van der Waals surface area contributed by atoms with E-state index in [0.717, 1.165) is 11.1 Å². The van der Waals surface area contributed by atoms with Gasteiger partial charge in [0, 0.05) is 31.3 Å². The van der Waals surface area contributed by atoms with Crippen molar-refractivity contribution in [1.82, 2.24) is 25.2 Å². The second kappa shape index (κ2) is 15.3. The number of amides is 4. The van der Waals surface area contributed by atoms with Gasteiger partial charge in [0.05, 0.1) is 28.6 Å². The molecule has 0 bridgehead atoms. The first-order chi connectivity index (χ1) is 30.3. The number of alkyl halides is 3. The first-order valence-electron chi connectivity index (χ1n) is 22.9. The van der Waals surface area contributed by atoms with Crippen LogP contribution in [0.4, 0.5) is 18.0 Å². The van der Waals surface area contributed by atoms with Gasteiger partial charge in [0.1, 0.15) is 29.5 Å². The smallest absolute Gasteiger partial charge is 0.427 e. The number of carbonyl (C=O) groups is 4. The Kier molecular flexibility index (Phi) is 8.42. The van der Waals surface area contributed by atoms with Gasteiger partial charge in [-0.05, 0) is 77.1 Å². The number of methoxy groups -OCH3 is 1. The number of fused-ring (bicyclic) bond motifs is 3. The van der Waals surface area contributed by atoms with Crippen molar-refractivity contribution in [3.05, 3.63) is 42.6 Å². The minimum Gasteiger partial charge on any atom is -0.494 e. The molecule has 0 radical (unpaired) electrons. The van der Waals surface area contributed by atoms with E-state index in [1.54, 1.807) is 31.2 Å². The van der Waals surface area contributed by atoms with Gasteiger partial charge in [-0.15, -0.1) is 0 Å². The minimum absolute atomic E-state index is 0.0367. The van der Waals surface area contributed by atoms with E-state index in [-0.39, 0.29) is 47.6 Å². The van der Waals surface area contributed by atoms with E-state index in [0.29, 0.717) is 25.7 Å². The van der Waals surface area contributed by atoms with Crippen LogP contribution in [0.15, 0.2) is 42.6 Å². The summed E-state index contributed by atoms with van der Waals surface area (Å²) >= 11 is 0. The van der Waals surface area contributed by atoms with Gasteiger partial charge in [0.2, 0.25) is 33.3 Å². The quantitative estimate of drug-likeness (QED) is 0.309. The lowest BCUT2D eigenvalue weighted by Gasteiger charge is -2.34. The third-order valence-corrected chi connectivity index (χ3v) is 13.4. The van der Waals surface area contributed by atoms with Gasteiger partial charge >= 0.3 is 12.3 Å². The van der Waals surface area contributed by atoms with Crippen LogP contribution in [-0.2, 0) is 29.1 Å². The molecule has 1 saturated heterocycles.